The van der Waals surface area contributed by atoms with Crippen LogP contribution in [0.4, 0.5) is 0 Å². The molecule has 0 heterocycles. The molecule has 4 atom stereocenters. The molecular weight excluding hydrogens is 296 g/mol. The fourth-order valence-corrected chi connectivity index (χ4v) is 2.47. The maximum absolute atomic E-state index is 11.4. The Hall–Kier alpha value is -1.43. The number of carbonyl (C=O) groups excluding carboxylic acids is 1. The van der Waals surface area contributed by atoms with Crippen LogP contribution in [0.2, 0.25) is 0 Å². The zero-order valence-corrected chi connectivity index (χ0v) is 14.1. The van der Waals surface area contributed by atoms with Crippen molar-refractivity contribution in [1.82, 2.24) is 0 Å². The van der Waals surface area contributed by atoms with Crippen LogP contribution in [-0.4, -0.2) is 41.6 Å². The molecule has 0 aliphatic carbocycles. The highest BCUT2D eigenvalue weighted by Crippen LogP contribution is 2.19. The summed E-state index contributed by atoms with van der Waals surface area (Å²) in [7, 11) is 0. The number of aliphatic hydroxyl groups is 2. The average molecular weight is 324 g/mol. The van der Waals surface area contributed by atoms with Gasteiger partial charge in [0.15, 0.2) is 6.10 Å². The molecule has 0 aliphatic heterocycles. The fraction of sp³-hybridized carbons (Fsp3) is 0.611. The van der Waals surface area contributed by atoms with E-state index in [4.69, 9.17) is 9.47 Å². The first-order valence-corrected chi connectivity index (χ1v) is 8.10. The summed E-state index contributed by atoms with van der Waals surface area (Å²) in [5.41, 5.74) is 1.12. The molecule has 0 aliphatic rings. The first-order chi connectivity index (χ1) is 11.0. The van der Waals surface area contributed by atoms with Crippen LogP contribution in [0.1, 0.15) is 32.8 Å². The summed E-state index contributed by atoms with van der Waals surface area (Å²) in [6.07, 6.45) is -1.99. The minimum atomic E-state index is -1.50. The van der Waals surface area contributed by atoms with Gasteiger partial charge in [-0.3, -0.25) is 0 Å². The molecule has 1 aromatic carbocycles. The lowest BCUT2D eigenvalue weighted by molar-refractivity contribution is -0.161. The number of hydrogen-bond acceptors (Lipinski definition) is 5. The molecular formula is C18H28O5. The third-order valence-corrected chi connectivity index (χ3v) is 3.72. The second-order valence-electron chi connectivity index (χ2n) is 6.01. The zero-order chi connectivity index (χ0) is 17.2. The Balaban J connectivity index is 2.32. The van der Waals surface area contributed by atoms with Gasteiger partial charge in [0, 0.05) is 6.61 Å². The van der Waals surface area contributed by atoms with Gasteiger partial charge in [-0.2, -0.15) is 0 Å². The second-order valence-corrected chi connectivity index (χ2v) is 6.01. The van der Waals surface area contributed by atoms with Crippen molar-refractivity contribution in [2.75, 3.05) is 13.2 Å². The highest BCUT2D eigenvalue weighted by atomic mass is 16.5. The minimum absolute atomic E-state index is 0.181. The molecule has 0 saturated carbocycles. The van der Waals surface area contributed by atoms with Crippen LogP contribution in [0, 0.1) is 11.8 Å². The minimum Gasteiger partial charge on any atom is -0.464 e. The van der Waals surface area contributed by atoms with Crippen LogP contribution >= 0.6 is 0 Å². The maximum Gasteiger partial charge on any atom is 0.337 e. The van der Waals surface area contributed by atoms with Gasteiger partial charge in [-0.25, -0.2) is 4.79 Å². The summed E-state index contributed by atoms with van der Waals surface area (Å²) in [6, 6.07) is 9.91. The summed E-state index contributed by atoms with van der Waals surface area (Å²) in [6.45, 7) is 6.77. The van der Waals surface area contributed by atoms with Crippen LogP contribution in [0.25, 0.3) is 0 Å². The van der Waals surface area contributed by atoms with E-state index in [-0.39, 0.29) is 18.4 Å². The van der Waals surface area contributed by atoms with Crippen molar-refractivity contribution in [3.8, 4) is 0 Å². The Morgan fingerprint density at radius 1 is 1.17 bits per heavy atom. The molecule has 5 heteroatoms. The molecule has 130 valence electrons. The third kappa shape index (κ3) is 7.12. The Labute approximate surface area is 138 Å². The molecule has 0 saturated heterocycles. The van der Waals surface area contributed by atoms with Crippen molar-refractivity contribution in [1.29, 1.82) is 0 Å². The molecule has 23 heavy (non-hydrogen) atoms. The number of rotatable bonds is 10. The third-order valence-electron chi connectivity index (χ3n) is 3.72. The van der Waals surface area contributed by atoms with E-state index in [1.165, 1.54) is 0 Å². The van der Waals surface area contributed by atoms with Crippen molar-refractivity contribution in [2.24, 2.45) is 11.8 Å². The van der Waals surface area contributed by atoms with Crippen molar-refractivity contribution in [3.63, 3.8) is 0 Å². The maximum atomic E-state index is 11.4. The molecule has 1 aromatic rings. The monoisotopic (exact) mass is 324 g/mol. The first kappa shape index (κ1) is 19.6. The van der Waals surface area contributed by atoms with E-state index in [1.807, 2.05) is 37.3 Å². The zero-order valence-electron chi connectivity index (χ0n) is 14.1. The van der Waals surface area contributed by atoms with Gasteiger partial charge >= 0.3 is 5.97 Å². The topological polar surface area (TPSA) is 76.0 Å². The highest BCUT2D eigenvalue weighted by Gasteiger charge is 2.30. The van der Waals surface area contributed by atoms with E-state index in [1.54, 1.807) is 13.8 Å². The molecule has 0 aromatic heterocycles. The molecule has 0 amide bonds. The largest absolute Gasteiger partial charge is 0.464 e. The molecule has 1 rings (SSSR count). The normalized spacial score (nSPS) is 16.4. The summed E-state index contributed by atoms with van der Waals surface area (Å²) in [5.74, 6) is -0.803. The molecule has 0 unspecified atom stereocenters. The molecule has 0 fully saturated rings. The first-order valence-electron chi connectivity index (χ1n) is 8.10. The lowest BCUT2D eigenvalue weighted by Crippen LogP contribution is -2.40. The van der Waals surface area contributed by atoms with E-state index in [0.29, 0.717) is 19.6 Å². The second kappa shape index (κ2) is 10.4. The molecule has 0 radical (unpaired) electrons. The van der Waals surface area contributed by atoms with Gasteiger partial charge in [0.25, 0.3) is 0 Å². The van der Waals surface area contributed by atoms with Crippen LogP contribution < -0.4 is 0 Å². The highest BCUT2D eigenvalue weighted by molar-refractivity contribution is 5.75. The Bertz CT molecular complexity index is 448. The summed E-state index contributed by atoms with van der Waals surface area (Å²) in [5, 5.41) is 19.8. The van der Waals surface area contributed by atoms with Crippen molar-refractivity contribution >= 4 is 5.97 Å². The van der Waals surface area contributed by atoms with E-state index in [9.17, 15) is 15.0 Å². The van der Waals surface area contributed by atoms with Crippen LogP contribution in [0.5, 0.6) is 0 Å². The Kier molecular flexibility index (Phi) is 8.84. The van der Waals surface area contributed by atoms with Gasteiger partial charge in [-0.05, 0) is 30.7 Å². The van der Waals surface area contributed by atoms with Crippen LogP contribution in [0.15, 0.2) is 30.3 Å². The van der Waals surface area contributed by atoms with Crippen LogP contribution in [-0.2, 0) is 20.9 Å². The van der Waals surface area contributed by atoms with Crippen molar-refractivity contribution < 1.29 is 24.5 Å². The lowest BCUT2D eigenvalue weighted by Gasteiger charge is -2.25. The van der Waals surface area contributed by atoms with Gasteiger partial charge < -0.3 is 19.7 Å². The molecule has 5 nitrogen and oxygen atoms in total. The smallest absolute Gasteiger partial charge is 0.337 e. The SMILES string of the molecule is CCOC(=O)[C@@H](O)[C@H](O)[C@@H](C)C[C@@H](C)COCc1ccccc1. The number of ether oxygens (including phenoxy) is 2. The van der Waals surface area contributed by atoms with Gasteiger partial charge in [-0.15, -0.1) is 0 Å². The van der Waals surface area contributed by atoms with Gasteiger partial charge in [0.2, 0.25) is 0 Å². The van der Waals surface area contributed by atoms with E-state index < -0.39 is 18.2 Å². The molecule has 2 N–H and O–H groups in total. The quantitative estimate of drug-likeness (QED) is 0.645. The molecule has 0 bridgehead atoms. The van der Waals surface area contributed by atoms with Crippen molar-refractivity contribution in [2.45, 2.75) is 46.0 Å². The number of esters is 1. The standard InChI is InChI=1S/C18H28O5/c1-4-23-18(21)17(20)16(19)14(3)10-13(2)11-22-12-15-8-6-5-7-9-15/h5-9,13-14,16-17,19-20H,4,10-12H2,1-3H3/t13-,14+,16-,17+/m1/s1. The van der Waals surface area contributed by atoms with E-state index in [0.717, 1.165) is 5.56 Å². The summed E-state index contributed by atoms with van der Waals surface area (Å²) >= 11 is 0. The van der Waals surface area contributed by atoms with Crippen molar-refractivity contribution in [3.05, 3.63) is 35.9 Å². The van der Waals surface area contributed by atoms with E-state index in [2.05, 4.69) is 0 Å². The number of carbonyl (C=O) groups is 1. The fourth-order valence-electron chi connectivity index (χ4n) is 2.47. The number of hydrogen-bond donors (Lipinski definition) is 2. The van der Waals surface area contributed by atoms with Crippen LogP contribution in [0.3, 0.4) is 0 Å². The van der Waals surface area contributed by atoms with Gasteiger partial charge in [0.1, 0.15) is 0 Å². The van der Waals surface area contributed by atoms with Gasteiger partial charge in [-0.1, -0.05) is 44.2 Å². The van der Waals surface area contributed by atoms with E-state index >= 15 is 0 Å². The predicted octanol–water partition coefficient (Wildman–Crippen LogP) is 2.15. The summed E-state index contributed by atoms with van der Waals surface area (Å²) in [4.78, 5) is 11.4. The Morgan fingerprint density at radius 3 is 2.43 bits per heavy atom. The Morgan fingerprint density at radius 2 is 1.83 bits per heavy atom. The average Bonchev–Trinajstić information content (AvgIpc) is 2.54. The number of aliphatic hydroxyl groups excluding tert-OH is 2. The molecule has 0 spiro atoms. The van der Waals surface area contributed by atoms with Gasteiger partial charge in [0.05, 0.1) is 19.3 Å². The lowest BCUT2D eigenvalue weighted by atomic mass is 9.90. The predicted molar refractivity (Wildman–Crippen MR) is 87.7 cm³/mol. The number of benzene rings is 1. The summed E-state index contributed by atoms with van der Waals surface area (Å²) < 4.78 is 10.4.